The second-order valence-corrected chi connectivity index (χ2v) is 4.04. The highest BCUT2D eigenvalue weighted by Crippen LogP contribution is 2.43. The quantitative estimate of drug-likeness (QED) is 0.404. The van der Waals surface area contributed by atoms with Gasteiger partial charge in [-0.05, 0) is 32.6 Å². The minimum atomic E-state index is -0.372. The number of ether oxygens (including phenoxy) is 1. The van der Waals surface area contributed by atoms with E-state index in [0.717, 1.165) is 25.7 Å². The molecule has 3 nitrogen and oxygen atoms in total. The van der Waals surface area contributed by atoms with E-state index in [1.807, 2.05) is 6.92 Å². The lowest BCUT2D eigenvalue weighted by atomic mass is 9.73. The van der Waals surface area contributed by atoms with Crippen molar-refractivity contribution in [1.82, 2.24) is 0 Å². The smallest absolute Gasteiger partial charge is 0.319 e. The molecule has 3 fully saturated rings. The van der Waals surface area contributed by atoms with Crippen molar-refractivity contribution in [1.29, 1.82) is 0 Å². The van der Waals surface area contributed by atoms with Crippen LogP contribution >= 0.6 is 0 Å². The maximum absolute atomic E-state index is 11.4. The summed E-state index contributed by atoms with van der Waals surface area (Å²) in [6, 6.07) is 0. The number of carbonyl (C=O) groups is 2. The third kappa shape index (κ3) is 0.958. The average molecular weight is 168 g/mol. The fourth-order valence-corrected chi connectivity index (χ4v) is 1.99. The maximum atomic E-state index is 11.4. The van der Waals surface area contributed by atoms with E-state index in [9.17, 15) is 9.59 Å². The average Bonchev–Trinajstić information content (AvgIpc) is 2.19. The van der Waals surface area contributed by atoms with Crippen molar-refractivity contribution in [3.63, 3.8) is 0 Å². The number of rotatable bonds is 0. The van der Waals surface area contributed by atoms with E-state index in [1.165, 1.54) is 0 Å². The number of esters is 2. The molecule has 2 heterocycles. The van der Waals surface area contributed by atoms with Gasteiger partial charge in [0.2, 0.25) is 0 Å². The molecular formula is C9H12O3. The third-order valence-corrected chi connectivity index (χ3v) is 3.11. The van der Waals surface area contributed by atoms with Crippen molar-refractivity contribution in [2.75, 3.05) is 0 Å². The monoisotopic (exact) mass is 168 g/mol. The van der Waals surface area contributed by atoms with E-state index in [1.54, 1.807) is 0 Å². The zero-order valence-electron chi connectivity index (χ0n) is 7.13. The molecule has 0 aromatic rings. The van der Waals surface area contributed by atoms with Gasteiger partial charge in [-0.1, -0.05) is 0 Å². The Kier molecular flexibility index (Phi) is 1.50. The number of carbonyl (C=O) groups excluding carboxylic acids is 2. The van der Waals surface area contributed by atoms with Crippen molar-refractivity contribution in [2.45, 2.75) is 32.6 Å². The predicted octanol–water partition coefficient (Wildman–Crippen LogP) is 1.27. The molecule has 3 rings (SSSR count). The van der Waals surface area contributed by atoms with Crippen molar-refractivity contribution in [3.05, 3.63) is 0 Å². The molecule has 0 amide bonds. The van der Waals surface area contributed by atoms with Crippen LogP contribution in [0.1, 0.15) is 32.6 Å². The summed E-state index contributed by atoms with van der Waals surface area (Å²) in [7, 11) is 0. The van der Waals surface area contributed by atoms with Crippen LogP contribution in [0.5, 0.6) is 0 Å². The highest BCUT2D eigenvalue weighted by molar-refractivity contribution is 5.91. The van der Waals surface area contributed by atoms with Crippen molar-refractivity contribution in [2.24, 2.45) is 11.3 Å². The summed E-state index contributed by atoms with van der Waals surface area (Å²) >= 11 is 0. The van der Waals surface area contributed by atoms with Gasteiger partial charge >= 0.3 is 11.9 Å². The Morgan fingerprint density at radius 1 is 1.33 bits per heavy atom. The van der Waals surface area contributed by atoms with E-state index in [2.05, 4.69) is 0 Å². The molecule has 3 heteroatoms. The van der Waals surface area contributed by atoms with Crippen LogP contribution in [-0.2, 0) is 14.3 Å². The number of hydrogen-bond donors (Lipinski definition) is 0. The van der Waals surface area contributed by atoms with E-state index < -0.39 is 0 Å². The Balaban J connectivity index is 2.33. The fourth-order valence-electron chi connectivity index (χ4n) is 1.99. The van der Waals surface area contributed by atoms with Crippen LogP contribution in [0.25, 0.3) is 0 Å². The summed E-state index contributed by atoms with van der Waals surface area (Å²) in [5.41, 5.74) is -0.372. The maximum Gasteiger partial charge on any atom is 0.319 e. The molecule has 2 saturated heterocycles. The van der Waals surface area contributed by atoms with Gasteiger partial charge in [0.15, 0.2) is 0 Å². The summed E-state index contributed by atoms with van der Waals surface area (Å²) in [6.07, 6.45) is 3.26. The minimum absolute atomic E-state index is 0.00970. The van der Waals surface area contributed by atoms with Gasteiger partial charge in [0, 0.05) is 0 Å². The van der Waals surface area contributed by atoms with E-state index >= 15 is 0 Å². The Hall–Kier alpha value is -0.860. The molecule has 0 spiro atoms. The first kappa shape index (κ1) is 7.77. The van der Waals surface area contributed by atoms with Crippen LogP contribution in [0.3, 0.4) is 0 Å². The molecule has 66 valence electrons. The van der Waals surface area contributed by atoms with Gasteiger partial charge in [0.05, 0.1) is 11.3 Å². The second kappa shape index (κ2) is 2.31. The van der Waals surface area contributed by atoms with Gasteiger partial charge in [0.25, 0.3) is 0 Å². The summed E-state index contributed by atoms with van der Waals surface area (Å²) < 4.78 is 4.72. The van der Waals surface area contributed by atoms with Crippen LogP contribution in [0.2, 0.25) is 0 Å². The topological polar surface area (TPSA) is 43.4 Å². The summed E-state index contributed by atoms with van der Waals surface area (Å²) in [6.45, 7) is 1.89. The lowest BCUT2D eigenvalue weighted by molar-refractivity contribution is -0.164. The van der Waals surface area contributed by atoms with Gasteiger partial charge in [-0.3, -0.25) is 9.59 Å². The number of fused-ring (bicyclic) bond motifs is 4. The molecule has 3 aliphatic rings. The molecule has 0 radical (unpaired) electrons. The summed E-state index contributed by atoms with van der Waals surface area (Å²) in [4.78, 5) is 22.5. The first-order valence-corrected chi connectivity index (χ1v) is 4.38. The molecule has 0 unspecified atom stereocenters. The largest absolute Gasteiger partial charge is 0.393 e. The van der Waals surface area contributed by atoms with E-state index in [0.29, 0.717) is 0 Å². The number of hydrogen-bond acceptors (Lipinski definition) is 3. The Morgan fingerprint density at radius 2 is 1.92 bits per heavy atom. The van der Waals surface area contributed by atoms with Crippen LogP contribution in [0.4, 0.5) is 0 Å². The molecule has 12 heavy (non-hydrogen) atoms. The lowest BCUT2D eigenvalue weighted by Crippen LogP contribution is -2.29. The molecule has 0 aromatic heterocycles. The standard InChI is InChI=1S/C9H12O3/c1-9-4-2-6(3-5-9)7(10)12-8(9)11/h6H,2-5H2,1H3. The molecule has 0 aromatic carbocycles. The first-order valence-electron chi connectivity index (χ1n) is 4.38. The Morgan fingerprint density at radius 3 is 2.50 bits per heavy atom. The van der Waals surface area contributed by atoms with Crippen LogP contribution in [0.15, 0.2) is 0 Å². The zero-order valence-corrected chi connectivity index (χ0v) is 7.13. The molecule has 0 N–H and O–H groups in total. The fraction of sp³-hybridized carbons (Fsp3) is 0.778. The minimum Gasteiger partial charge on any atom is -0.393 e. The summed E-state index contributed by atoms with van der Waals surface area (Å²) in [5.74, 6) is -0.627. The van der Waals surface area contributed by atoms with Crippen molar-refractivity contribution in [3.8, 4) is 0 Å². The van der Waals surface area contributed by atoms with E-state index in [4.69, 9.17) is 4.74 Å². The molecule has 1 saturated carbocycles. The van der Waals surface area contributed by atoms with Crippen molar-refractivity contribution < 1.29 is 14.3 Å². The second-order valence-electron chi connectivity index (χ2n) is 4.04. The molecule has 2 bridgehead atoms. The Labute approximate surface area is 71.1 Å². The Bertz CT molecular complexity index is 236. The van der Waals surface area contributed by atoms with Crippen LogP contribution in [-0.4, -0.2) is 11.9 Å². The molecule has 2 aliphatic heterocycles. The SMILES string of the molecule is CC12CCC(CC1)C(=O)OC2=O. The van der Waals surface area contributed by atoms with Gasteiger partial charge in [-0.15, -0.1) is 0 Å². The summed E-state index contributed by atoms with van der Waals surface area (Å²) in [5, 5.41) is 0. The van der Waals surface area contributed by atoms with Gasteiger partial charge in [0.1, 0.15) is 0 Å². The highest BCUT2D eigenvalue weighted by atomic mass is 16.6. The van der Waals surface area contributed by atoms with Gasteiger partial charge in [-0.2, -0.15) is 0 Å². The van der Waals surface area contributed by atoms with Crippen molar-refractivity contribution >= 4 is 11.9 Å². The first-order chi connectivity index (χ1) is 5.62. The molecule has 0 atom stereocenters. The molecule has 1 aliphatic carbocycles. The normalized spacial score (nSPS) is 40.9. The lowest BCUT2D eigenvalue weighted by Gasteiger charge is -2.27. The third-order valence-electron chi connectivity index (χ3n) is 3.11. The zero-order chi connectivity index (χ0) is 8.77. The highest BCUT2D eigenvalue weighted by Gasteiger charge is 2.46. The van der Waals surface area contributed by atoms with Crippen LogP contribution in [0, 0.1) is 11.3 Å². The predicted molar refractivity (Wildman–Crippen MR) is 41.2 cm³/mol. The van der Waals surface area contributed by atoms with Gasteiger partial charge in [-0.25, -0.2) is 0 Å². The molecular weight excluding hydrogens is 156 g/mol. The van der Waals surface area contributed by atoms with Crippen LogP contribution < -0.4 is 0 Å². The van der Waals surface area contributed by atoms with Gasteiger partial charge < -0.3 is 4.74 Å². The van der Waals surface area contributed by atoms with E-state index in [-0.39, 0.29) is 23.3 Å².